The maximum atomic E-state index is 13.2. The highest BCUT2D eigenvalue weighted by atomic mass is 19.1. The summed E-state index contributed by atoms with van der Waals surface area (Å²) in [5.41, 5.74) is 3.32. The smallest absolute Gasteiger partial charge is 0.226 e. The Morgan fingerprint density at radius 2 is 1.85 bits per heavy atom. The van der Waals surface area contributed by atoms with Crippen molar-refractivity contribution in [2.24, 2.45) is 0 Å². The Bertz CT molecular complexity index is 1060. The van der Waals surface area contributed by atoms with Crippen molar-refractivity contribution in [2.75, 3.05) is 5.32 Å². The van der Waals surface area contributed by atoms with Gasteiger partial charge in [-0.3, -0.25) is 9.78 Å². The lowest BCUT2D eigenvalue weighted by molar-refractivity contribution is -0.116. The van der Waals surface area contributed by atoms with Crippen LogP contribution in [0.25, 0.3) is 11.4 Å². The Labute approximate surface area is 154 Å². The summed E-state index contributed by atoms with van der Waals surface area (Å²) in [6, 6.07) is 9.52. The molecule has 0 amide bonds. The first-order chi connectivity index (χ1) is 13.2. The lowest BCUT2D eigenvalue weighted by atomic mass is 9.86. The summed E-state index contributed by atoms with van der Waals surface area (Å²) in [7, 11) is 0. The van der Waals surface area contributed by atoms with E-state index in [1.54, 1.807) is 29.2 Å². The fourth-order valence-electron chi connectivity index (χ4n) is 3.73. The van der Waals surface area contributed by atoms with Gasteiger partial charge in [-0.15, -0.1) is 5.10 Å². The van der Waals surface area contributed by atoms with E-state index in [2.05, 4.69) is 20.4 Å². The molecule has 2 aliphatic rings. The fourth-order valence-corrected chi connectivity index (χ4v) is 3.73. The van der Waals surface area contributed by atoms with Crippen molar-refractivity contribution in [3.8, 4) is 11.4 Å². The molecule has 0 saturated carbocycles. The van der Waals surface area contributed by atoms with Crippen LogP contribution in [0.5, 0.6) is 0 Å². The number of hydrogen-bond acceptors (Lipinski definition) is 5. The first-order valence-corrected chi connectivity index (χ1v) is 8.86. The molecule has 134 valence electrons. The molecule has 3 aromatic rings. The van der Waals surface area contributed by atoms with Gasteiger partial charge < -0.3 is 5.32 Å². The van der Waals surface area contributed by atoms with Crippen LogP contribution in [0.2, 0.25) is 0 Å². The maximum Gasteiger partial charge on any atom is 0.226 e. The van der Waals surface area contributed by atoms with Crippen LogP contribution in [0.3, 0.4) is 0 Å². The van der Waals surface area contributed by atoms with Gasteiger partial charge >= 0.3 is 0 Å². The highest BCUT2D eigenvalue weighted by molar-refractivity contribution is 5.99. The number of Topliss-reactive ketones (excluding diaryl/α,β-unsaturated/α-hetero) is 1. The number of allylic oxidation sites excluding steroid dienone is 2. The SMILES string of the molecule is O=C1CCCC2=C1C(c1ccncc1)n1nc(-c3ccc(F)cc3)nc1N2. The zero-order chi connectivity index (χ0) is 18.4. The molecule has 1 N–H and O–H groups in total. The summed E-state index contributed by atoms with van der Waals surface area (Å²) in [6.45, 7) is 0. The van der Waals surface area contributed by atoms with E-state index in [1.165, 1.54) is 12.1 Å². The van der Waals surface area contributed by atoms with Crippen molar-refractivity contribution in [1.82, 2.24) is 19.7 Å². The Morgan fingerprint density at radius 3 is 2.63 bits per heavy atom. The maximum absolute atomic E-state index is 13.2. The molecule has 5 rings (SSSR count). The van der Waals surface area contributed by atoms with E-state index in [0.29, 0.717) is 18.2 Å². The number of rotatable bonds is 2. The van der Waals surface area contributed by atoms with Crippen molar-refractivity contribution in [2.45, 2.75) is 25.3 Å². The van der Waals surface area contributed by atoms with E-state index in [0.717, 1.165) is 35.2 Å². The molecule has 1 aromatic carbocycles. The van der Waals surface area contributed by atoms with Gasteiger partial charge in [-0.05, 0) is 54.8 Å². The molecule has 0 bridgehead atoms. The van der Waals surface area contributed by atoms with Gasteiger partial charge in [0.2, 0.25) is 5.95 Å². The van der Waals surface area contributed by atoms with Crippen LogP contribution >= 0.6 is 0 Å². The number of carbonyl (C=O) groups excluding carboxylic acids is 1. The van der Waals surface area contributed by atoms with Gasteiger partial charge in [0.05, 0.1) is 0 Å². The summed E-state index contributed by atoms with van der Waals surface area (Å²) in [6.07, 6.45) is 5.59. The predicted molar refractivity (Wildman–Crippen MR) is 97.3 cm³/mol. The number of fused-ring (bicyclic) bond motifs is 1. The summed E-state index contributed by atoms with van der Waals surface area (Å²) in [4.78, 5) is 21.4. The zero-order valence-corrected chi connectivity index (χ0v) is 14.4. The first-order valence-electron chi connectivity index (χ1n) is 8.86. The number of carbonyl (C=O) groups is 1. The van der Waals surface area contributed by atoms with E-state index in [4.69, 9.17) is 0 Å². The van der Waals surface area contributed by atoms with Crippen LogP contribution in [0.4, 0.5) is 10.3 Å². The number of hydrogen-bond donors (Lipinski definition) is 1. The molecule has 0 fully saturated rings. The van der Waals surface area contributed by atoms with Gasteiger partial charge in [0, 0.05) is 35.6 Å². The van der Waals surface area contributed by atoms with Gasteiger partial charge in [-0.25, -0.2) is 9.07 Å². The molecule has 0 radical (unpaired) electrons. The molecule has 1 aliphatic carbocycles. The quantitative estimate of drug-likeness (QED) is 0.756. The minimum atomic E-state index is -0.339. The Morgan fingerprint density at radius 1 is 1.07 bits per heavy atom. The van der Waals surface area contributed by atoms with E-state index < -0.39 is 0 Å². The first kappa shape index (κ1) is 15.9. The molecule has 7 heteroatoms. The molecule has 1 unspecified atom stereocenters. The molecular formula is C20H16FN5O. The molecule has 6 nitrogen and oxygen atoms in total. The molecule has 2 aromatic heterocycles. The molecule has 27 heavy (non-hydrogen) atoms. The standard InChI is InChI=1S/C20H16FN5O/c21-14-6-4-13(5-7-14)19-24-20-23-15-2-1-3-16(27)17(15)18(26(20)25-19)12-8-10-22-11-9-12/h4-11,18H,1-3H2,(H,23,24,25). The Kier molecular flexibility index (Phi) is 3.60. The normalized spacial score (nSPS) is 18.7. The molecule has 0 saturated heterocycles. The Hall–Kier alpha value is -3.35. The molecule has 1 atom stereocenters. The number of ketones is 1. The van der Waals surface area contributed by atoms with E-state index in [9.17, 15) is 9.18 Å². The third-order valence-corrected chi connectivity index (χ3v) is 4.99. The minimum Gasteiger partial charge on any atom is -0.328 e. The van der Waals surface area contributed by atoms with E-state index in [-0.39, 0.29) is 17.6 Å². The topological polar surface area (TPSA) is 72.7 Å². The van der Waals surface area contributed by atoms with Crippen LogP contribution in [-0.2, 0) is 4.79 Å². The summed E-state index contributed by atoms with van der Waals surface area (Å²) < 4.78 is 15.0. The second kappa shape index (κ2) is 6.12. The number of halogens is 1. The average Bonchev–Trinajstić information content (AvgIpc) is 3.11. The predicted octanol–water partition coefficient (Wildman–Crippen LogP) is 3.50. The molecule has 0 spiro atoms. The average molecular weight is 361 g/mol. The second-order valence-corrected chi connectivity index (χ2v) is 6.69. The third-order valence-electron chi connectivity index (χ3n) is 4.99. The van der Waals surface area contributed by atoms with Gasteiger partial charge in [-0.2, -0.15) is 4.98 Å². The summed E-state index contributed by atoms with van der Waals surface area (Å²) in [5, 5.41) is 7.94. The number of benzene rings is 1. The molecular weight excluding hydrogens is 345 g/mol. The van der Waals surface area contributed by atoms with Crippen molar-refractivity contribution in [3.63, 3.8) is 0 Å². The third kappa shape index (κ3) is 2.63. The van der Waals surface area contributed by atoms with Crippen LogP contribution in [0, 0.1) is 5.82 Å². The lowest BCUT2D eigenvalue weighted by Gasteiger charge is -2.32. The largest absolute Gasteiger partial charge is 0.328 e. The highest BCUT2D eigenvalue weighted by Gasteiger charge is 2.36. The van der Waals surface area contributed by atoms with Crippen LogP contribution < -0.4 is 5.32 Å². The monoisotopic (exact) mass is 361 g/mol. The van der Waals surface area contributed by atoms with Gasteiger partial charge in [0.15, 0.2) is 11.6 Å². The minimum absolute atomic E-state index is 0.134. The summed E-state index contributed by atoms with van der Waals surface area (Å²) >= 11 is 0. The second-order valence-electron chi connectivity index (χ2n) is 6.69. The van der Waals surface area contributed by atoms with Crippen molar-refractivity contribution in [3.05, 3.63) is 71.4 Å². The fraction of sp³-hybridized carbons (Fsp3) is 0.200. The summed E-state index contributed by atoms with van der Waals surface area (Å²) in [5.74, 6) is 0.904. The van der Waals surface area contributed by atoms with Crippen molar-refractivity contribution in [1.29, 1.82) is 0 Å². The van der Waals surface area contributed by atoms with E-state index in [1.807, 2.05) is 12.1 Å². The van der Waals surface area contributed by atoms with Crippen molar-refractivity contribution >= 4 is 11.7 Å². The van der Waals surface area contributed by atoms with Gasteiger partial charge in [-0.1, -0.05) is 0 Å². The number of anilines is 1. The van der Waals surface area contributed by atoms with Gasteiger partial charge in [0.1, 0.15) is 11.9 Å². The molecule has 1 aliphatic heterocycles. The van der Waals surface area contributed by atoms with Crippen LogP contribution in [0.1, 0.15) is 30.9 Å². The van der Waals surface area contributed by atoms with E-state index >= 15 is 0 Å². The van der Waals surface area contributed by atoms with Crippen LogP contribution in [-0.4, -0.2) is 25.5 Å². The number of aromatic nitrogens is 4. The molecule has 3 heterocycles. The lowest BCUT2D eigenvalue weighted by Crippen LogP contribution is -2.31. The highest BCUT2D eigenvalue weighted by Crippen LogP contribution is 2.40. The van der Waals surface area contributed by atoms with Gasteiger partial charge in [0.25, 0.3) is 0 Å². The van der Waals surface area contributed by atoms with Crippen molar-refractivity contribution < 1.29 is 9.18 Å². The number of pyridine rings is 1. The van der Waals surface area contributed by atoms with Crippen LogP contribution in [0.15, 0.2) is 60.1 Å². The number of nitrogens with zero attached hydrogens (tertiary/aromatic N) is 4. The zero-order valence-electron chi connectivity index (χ0n) is 14.4. The Balaban J connectivity index is 1.67. The number of nitrogens with one attached hydrogen (secondary N) is 1.